The predicted molar refractivity (Wildman–Crippen MR) is 106 cm³/mol. The second kappa shape index (κ2) is 7.80. The molecule has 3 heterocycles. The van der Waals surface area contributed by atoms with Crippen molar-refractivity contribution in [2.75, 3.05) is 5.32 Å². The van der Waals surface area contributed by atoms with Gasteiger partial charge < -0.3 is 9.73 Å². The van der Waals surface area contributed by atoms with E-state index < -0.39 is 23.5 Å². The SMILES string of the molecule is Cc1ccccc1C(=O)Nc1ccc(-n2nc(-c3nn(C)c(=O)o3)cc2C(F)(F)F)cn1. The van der Waals surface area contributed by atoms with Crippen LogP contribution < -0.4 is 11.1 Å². The second-order valence-electron chi connectivity index (χ2n) is 6.79. The zero-order chi connectivity index (χ0) is 23.0. The van der Waals surface area contributed by atoms with E-state index in [2.05, 4.69) is 20.5 Å². The third-order valence-electron chi connectivity index (χ3n) is 4.53. The third kappa shape index (κ3) is 4.02. The van der Waals surface area contributed by atoms with Crippen molar-refractivity contribution in [3.63, 3.8) is 0 Å². The van der Waals surface area contributed by atoms with Gasteiger partial charge in [-0.15, -0.1) is 5.10 Å². The fraction of sp³-hybridized carbons (Fsp3) is 0.150. The number of aromatic nitrogens is 5. The standard InChI is InChI=1S/C20H15F3N6O3/c1-11-5-3-4-6-13(11)17(30)25-16-8-7-12(10-24-16)29-15(20(21,22)23)9-14(26-29)18-27-28(2)19(31)32-18/h3-10H,1-2H3,(H,24,25,30). The minimum Gasteiger partial charge on any atom is -0.386 e. The van der Waals surface area contributed by atoms with Crippen molar-refractivity contribution in [2.45, 2.75) is 13.1 Å². The number of nitrogens with one attached hydrogen (secondary N) is 1. The fourth-order valence-electron chi connectivity index (χ4n) is 2.93. The number of carbonyl (C=O) groups excluding carboxylic acids is 1. The van der Waals surface area contributed by atoms with Crippen LogP contribution in [0.1, 0.15) is 21.6 Å². The van der Waals surface area contributed by atoms with Crippen molar-refractivity contribution >= 4 is 11.7 Å². The summed E-state index contributed by atoms with van der Waals surface area (Å²) in [7, 11) is 1.30. The van der Waals surface area contributed by atoms with Crippen LogP contribution in [0.5, 0.6) is 0 Å². The molecule has 32 heavy (non-hydrogen) atoms. The maximum absolute atomic E-state index is 13.6. The summed E-state index contributed by atoms with van der Waals surface area (Å²) in [5.74, 6) is -1.43. The highest BCUT2D eigenvalue weighted by molar-refractivity contribution is 6.04. The Kier molecular flexibility index (Phi) is 5.12. The summed E-state index contributed by atoms with van der Waals surface area (Å²) in [6.45, 7) is 1.78. The molecule has 0 fully saturated rings. The Morgan fingerprint density at radius 3 is 2.47 bits per heavy atom. The molecule has 0 saturated carbocycles. The van der Waals surface area contributed by atoms with E-state index >= 15 is 0 Å². The quantitative estimate of drug-likeness (QED) is 0.518. The molecule has 0 unspecified atom stereocenters. The van der Waals surface area contributed by atoms with Crippen LogP contribution in [0.15, 0.2) is 57.9 Å². The van der Waals surface area contributed by atoms with Gasteiger partial charge in [0.15, 0.2) is 5.69 Å². The molecule has 4 rings (SSSR count). The van der Waals surface area contributed by atoms with Crippen LogP contribution in [0.3, 0.4) is 0 Å². The highest BCUT2D eigenvalue weighted by atomic mass is 19.4. The van der Waals surface area contributed by atoms with Gasteiger partial charge >= 0.3 is 11.9 Å². The summed E-state index contributed by atoms with van der Waals surface area (Å²) in [6, 6.07) is 10.3. The van der Waals surface area contributed by atoms with E-state index in [4.69, 9.17) is 4.42 Å². The Labute approximate surface area is 178 Å². The molecule has 0 spiro atoms. The molecular weight excluding hydrogens is 429 g/mol. The molecule has 0 aliphatic rings. The molecule has 1 amide bonds. The van der Waals surface area contributed by atoms with Crippen LogP contribution in [0.4, 0.5) is 19.0 Å². The van der Waals surface area contributed by atoms with E-state index in [9.17, 15) is 22.8 Å². The number of anilines is 1. The van der Waals surface area contributed by atoms with Crippen LogP contribution in [0.2, 0.25) is 0 Å². The Hall–Kier alpha value is -4.22. The molecule has 1 aromatic carbocycles. The molecular formula is C20H15F3N6O3. The van der Waals surface area contributed by atoms with Crippen LogP contribution in [-0.4, -0.2) is 30.5 Å². The van der Waals surface area contributed by atoms with Crippen molar-refractivity contribution in [3.8, 4) is 17.3 Å². The maximum Gasteiger partial charge on any atom is 0.437 e. The number of amides is 1. The average molecular weight is 444 g/mol. The molecule has 0 aliphatic heterocycles. The summed E-state index contributed by atoms with van der Waals surface area (Å²) in [5.41, 5.74) is -0.185. The first-order valence-corrected chi connectivity index (χ1v) is 9.18. The molecule has 164 valence electrons. The van der Waals surface area contributed by atoms with E-state index in [1.165, 1.54) is 19.2 Å². The average Bonchev–Trinajstić information content (AvgIpc) is 3.33. The zero-order valence-electron chi connectivity index (χ0n) is 16.7. The normalized spacial score (nSPS) is 11.5. The number of carbonyl (C=O) groups is 1. The van der Waals surface area contributed by atoms with E-state index in [0.29, 0.717) is 10.2 Å². The summed E-state index contributed by atoms with van der Waals surface area (Å²) in [4.78, 5) is 27.9. The summed E-state index contributed by atoms with van der Waals surface area (Å²) < 4.78 is 47.0. The summed E-state index contributed by atoms with van der Waals surface area (Å²) in [6.07, 6.45) is -3.62. The number of rotatable bonds is 4. The molecule has 12 heteroatoms. The van der Waals surface area contributed by atoms with Crippen LogP contribution in [0, 0.1) is 6.92 Å². The van der Waals surface area contributed by atoms with Crippen molar-refractivity contribution in [1.29, 1.82) is 0 Å². The molecule has 4 aromatic rings. The van der Waals surface area contributed by atoms with Gasteiger partial charge in [-0.3, -0.25) is 4.79 Å². The summed E-state index contributed by atoms with van der Waals surface area (Å²) >= 11 is 0. The molecule has 3 aromatic heterocycles. The van der Waals surface area contributed by atoms with Gasteiger partial charge in [0.2, 0.25) is 0 Å². The highest BCUT2D eigenvalue weighted by Gasteiger charge is 2.37. The largest absolute Gasteiger partial charge is 0.437 e. The number of nitrogens with zero attached hydrogens (tertiary/aromatic N) is 5. The third-order valence-corrected chi connectivity index (χ3v) is 4.53. The Bertz CT molecular complexity index is 1350. The summed E-state index contributed by atoms with van der Waals surface area (Å²) in [5, 5.41) is 10.2. The molecule has 9 nitrogen and oxygen atoms in total. The van der Waals surface area contributed by atoms with Gasteiger partial charge in [-0.25, -0.2) is 14.5 Å². The number of alkyl halides is 3. The predicted octanol–water partition coefficient (Wildman–Crippen LogP) is 3.20. The Morgan fingerprint density at radius 1 is 1.12 bits per heavy atom. The number of hydrogen-bond donors (Lipinski definition) is 1. The number of pyridine rings is 1. The fourth-order valence-corrected chi connectivity index (χ4v) is 2.93. The molecule has 0 aliphatic carbocycles. The first-order valence-electron chi connectivity index (χ1n) is 9.18. The van der Waals surface area contributed by atoms with Crippen molar-refractivity contribution in [3.05, 3.63) is 76.0 Å². The smallest absolute Gasteiger partial charge is 0.386 e. The van der Waals surface area contributed by atoms with E-state index in [0.717, 1.165) is 22.5 Å². The number of aryl methyl sites for hydroxylation is 2. The highest BCUT2D eigenvalue weighted by Crippen LogP contribution is 2.33. The lowest BCUT2D eigenvalue weighted by Crippen LogP contribution is -2.15. The maximum atomic E-state index is 13.6. The van der Waals surface area contributed by atoms with Gasteiger partial charge in [0.05, 0.1) is 11.9 Å². The van der Waals surface area contributed by atoms with Gasteiger partial charge in [0, 0.05) is 18.7 Å². The Balaban J connectivity index is 1.65. The second-order valence-corrected chi connectivity index (χ2v) is 6.79. The lowest BCUT2D eigenvalue weighted by Gasteiger charge is -2.11. The lowest BCUT2D eigenvalue weighted by atomic mass is 10.1. The molecule has 0 atom stereocenters. The number of halogens is 3. The monoisotopic (exact) mass is 444 g/mol. The number of benzene rings is 1. The van der Waals surface area contributed by atoms with Gasteiger partial charge in [-0.1, -0.05) is 18.2 Å². The van der Waals surface area contributed by atoms with Crippen molar-refractivity contribution in [2.24, 2.45) is 7.05 Å². The molecule has 0 saturated heterocycles. The van der Waals surface area contributed by atoms with E-state index in [1.807, 2.05) is 0 Å². The minimum absolute atomic E-state index is 0.0178. The molecule has 0 bridgehead atoms. The number of hydrogen-bond acceptors (Lipinski definition) is 6. The van der Waals surface area contributed by atoms with Crippen LogP contribution >= 0.6 is 0 Å². The van der Waals surface area contributed by atoms with Gasteiger partial charge in [0.25, 0.3) is 11.8 Å². The van der Waals surface area contributed by atoms with Gasteiger partial charge in [-0.2, -0.15) is 23.0 Å². The van der Waals surface area contributed by atoms with Crippen molar-refractivity contribution < 1.29 is 22.4 Å². The van der Waals surface area contributed by atoms with Crippen LogP contribution in [0.25, 0.3) is 17.3 Å². The molecule has 1 N–H and O–H groups in total. The molecule has 0 radical (unpaired) electrons. The zero-order valence-corrected chi connectivity index (χ0v) is 16.7. The first-order chi connectivity index (χ1) is 15.1. The lowest BCUT2D eigenvalue weighted by molar-refractivity contribution is -0.142. The first kappa shape index (κ1) is 21.0. The van der Waals surface area contributed by atoms with E-state index in [1.54, 1.807) is 31.2 Å². The van der Waals surface area contributed by atoms with Crippen LogP contribution in [-0.2, 0) is 13.2 Å². The van der Waals surface area contributed by atoms with Crippen molar-refractivity contribution in [1.82, 2.24) is 24.5 Å². The Morgan fingerprint density at radius 2 is 1.88 bits per heavy atom. The van der Waals surface area contributed by atoms with Gasteiger partial charge in [0.1, 0.15) is 11.5 Å². The van der Waals surface area contributed by atoms with Gasteiger partial charge in [-0.05, 0) is 30.7 Å². The van der Waals surface area contributed by atoms with E-state index in [-0.39, 0.29) is 23.1 Å². The topological polar surface area (TPSA) is 108 Å². The minimum atomic E-state index is -4.75.